The van der Waals surface area contributed by atoms with E-state index in [1.165, 1.54) is 12.8 Å². The maximum atomic E-state index is 3.36. The molecule has 0 N–H and O–H groups in total. The fraction of sp³-hybridized carbons (Fsp3) is 0.636. The second-order valence-corrected chi connectivity index (χ2v) is 8.76. The number of unbranched alkanes of at least 4 members (excludes halogenated alkanes) is 2. The third kappa shape index (κ3) is 9.52. The van der Waals surface area contributed by atoms with Gasteiger partial charge in [-0.1, -0.05) is 31.8 Å². The van der Waals surface area contributed by atoms with E-state index < -0.39 is 8.07 Å². The molecule has 0 fully saturated rings. The van der Waals surface area contributed by atoms with E-state index in [0.717, 1.165) is 6.42 Å². The van der Waals surface area contributed by atoms with Gasteiger partial charge in [-0.2, -0.15) is 0 Å². The van der Waals surface area contributed by atoms with Gasteiger partial charge in [0.1, 0.15) is 8.07 Å². The fourth-order valence-corrected chi connectivity index (χ4v) is 1.46. The molecule has 0 radical (unpaired) electrons. The van der Waals surface area contributed by atoms with Crippen molar-refractivity contribution >= 4 is 8.07 Å². The Bertz CT molecular complexity index is 185. The predicted octanol–water partition coefficient (Wildman–Crippen LogP) is 3.61. The first-order valence-corrected chi connectivity index (χ1v) is 8.17. The van der Waals surface area contributed by atoms with Gasteiger partial charge in [-0.25, -0.2) is 0 Å². The summed E-state index contributed by atoms with van der Waals surface area (Å²) in [7, 11) is -1.10. The molecular weight excluding hydrogens is 160 g/mol. The topological polar surface area (TPSA) is 0 Å². The van der Waals surface area contributed by atoms with Crippen LogP contribution in [0.5, 0.6) is 0 Å². The van der Waals surface area contributed by atoms with Gasteiger partial charge in [0.2, 0.25) is 0 Å². The Morgan fingerprint density at radius 3 is 2.42 bits per heavy atom. The van der Waals surface area contributed by atoms with E-state index in [1.807, 2.05) is 0 Å². The van der Waals surface area contributed by atoms with Crippen LogP contribution in [0.15, 0.2) is 12.2 Å². The highest BCUT2D eigenvalue weighted by Crippen LogP contribution is 1.99. The van der Waals surface area contributed by atoms with Gasteiger partial charge in [0.25, 0.3) is 0 Å². The summed E-state index contributed by atoms with van der Waals surface area (Å²) in [5, 5.41) is 0. The molecule has 0 unspecified atom stereocenters. The van der Waals surface area contributed by atoms with Crippen LogP contribution >= 0.6 is 0 Å². The highest BCUT2D eigenvalue weighted by Gasteiger charge is 2.06. The lowest BCUT2D eigenvalue weighted by molar-refractivity contribution is 0.884. The Balaban J connectivity index is 3.47. The minimum Gasteiger partial charge on any atom is -0.132 e. The van der Waals surface area contributed by atoms with Crippen molar-refractivity contribution in [1.82, 2.24) is 0 Å². The lowest BCUT2D eigenvalue weighted by Crippen LogP contribution is -2.16. The minimum atomic E-state index is -1.10. The summed E-state index contributed by atoms with van der Waals surface area (Å²) < 4.78 is 0. The Hall–Kier alpha value is -0.483. The first-order chi connectivity index (χ1) is 5.56. The monoisotopic (exact) mass is 180 g/mol. The Kier molecular flexibility index (Phi) is 5.83. The normalized spacial score (nSPS) is 11.3. The molecule has 0 aromatic carbocycles. The van der Waals surface area contributed by atoms with E-state index in [0.29, 0.717) is 0 Å². The smallest absolute Gasteiger partial charge is 0.129 e. The van der Waals surface area contributed by atoms with Crippen molar-refractivity contribution in [3.63, 3.8) is 0 Å². The Labute approximate surface area is 78.1 Å². The second-order valence-electron chi connectivity index (χ2n) is 4.01. The van der Waals surface area contributed by atoms with E-state index >= 15 is 0 Å². The average molecular weight is 180 g/mol. The molecule has 0 heterocycles. The van der Waals surface area contributed by atoms with Gasteiger partial charge in [-0.05, 0) is 19.8 Å². The second kappa shape index (κ2) is 6.08. The van der Waals surface area contributed by atoms with Crippen LogP contribution in [0.1, 0.15) is 26.2 Å². The SMILES string of the molecule is C/C=C/CCCC#C[Si](C)(C)C. The fourth-order valence-electron chi connectivity index (χ4n) is 0.803. The van der Waals surface area contributed by atoms with Crippen LogP contribution in [0.4, 0.5) is 0 Å². The van der Waals surface area contributed by atoms with Crippen LogP contribution in [0.2, 0.25) is 19.6 Å². The lowest BCUT2D eigenvalue weighted by atomic mass is 10.2. The molecule has 0 atom stereocenters. The first kappa shape index (κ1) is 11.5. The zero-order valence-corrected chi connectivity index (χ0v) is 9.78. The van der Waals surface area contributed by atoms with Gasteiger partial charge in [-0.15, -0.1) is 11.5 Å². The molecular formula is C11H20Si. The maximum Gasteiger partial charge on any atom is 0.129 e. The molecule has 0 saturated carbocycles. The van der Waals surface area contributed by atoms with Gasteiger partial charge < -0.3 is 0 Å². The van der Waals surface area contributed by atoms with Gasteiger partial charge in [0.05, 0.1) is 0 Å². The van der Waals surface area contributed by atoms with Crippen molar-refractivity contribution < 1.29 is 0 Å². The van der Waals surface area contributed by atoms with Crippen LogP contribution in [0.25, 0.3) is 0 Å². The molecule has 0 aliphatic rings. The Morgan fingerprint density at radius 2 is 1.92 bits per heavy atom. The van der Waals surface area contributed by atoms with E-state index in [2.05, 4.69) is 50.2 Å². The van der Waals surface area contributed by atoms with Crippen LogP contribution in [-0.2, 0) is 0 Å². The van der Waals surface area contributed by atoms with Crippen molar-refractivity contribution in [3.05, 3.63) is 12.2 Å². The molecule has 68 valence electrons. The van der Waals surface area contributed by atoms with Crippen molar-refractivity contribution in [2.24, 2.45) is 0 Å². The van der Waals surface area contributed by atoms with Crippen molar-refractivity contribution in [3.8, 4) is 11.5 Å². The zero-order valence-electron chi connectivity index (χ0n) is 8.78. The molecule has 0 nitrogen and oxygen atoms in total. The van der Waals surface area contributed by atoms with Gasteiger partial charge in [0.15, 0.2) is 0 Å². The largest absolute Gasteiger partial charge is 0.132 e. The summed E-state index contributed by atoms with van der Waals surface area (Å²) in [4.78, 5) is 0. The molecule has 0 aromatic heterocycles. The quantitative estimate of drug-likeness (QED) is 0.269. The van der Waals surface area contributed by atoms with Crippen molar-refractivity contribution in [2.75, 3.05) is 0 Å². The molecule has 0 saturated heterocycles. The first-order valence-electron chi connectivity index (χ1n) is 4.67. The molecule has 0 bridgehead atoms. The highest BCUT2D eigenvalue weighted by molar-refractivity contribution is 6.83. The Morgan fingerprint density at radius 1 is 1.25 bits per heavy atom. The van der Waals surface area contributed by atoms with Crippen LogP contribution in [-0.4, -0.2) is 8.07 Å². The van der Waals surface area contributed by atoms with Gasteiger partial charge in [-0.3, -0.25) is 0 Å². The van der Waals surface area contributed by atoms with Crippen LogP contribution < -0.4 is 0 Å². The lowest BCUT2D eigenvalue weighted by Gasteiger charge is -2.02. The van der Waals surface area contributed by atoms with E-state index in [1.54, 1.807) is 0 Å². The summed E-state index contributed by atoms with van der Waals surface area (Å²) in [6.45, 7) is 8.91. The highest BCUT2D eigenvalue weighted by atomic mass is 28.3. The molecule has 0 spiro atoms. The van der Waals surface area contributed by atoms with E-state index in [9.17, 15) is 0 Å². The number of rotatable bonds is 3. The summed E-state index contributed by atoms with van der Waals surface area (Å²) in [6.07, 6.45) is 7.76. The summed E-state index contributed by atoms with van der Waals surface area (Å²) in [5.41, 5.74) is 3.36. The minimum absolute atomic E-state index is 1.06. The van der Waals surface area contributed by atoms with Crippen molar-refractivity contribution in [1.29, 1.82) is 0 Å². The van der Waals surface area contributed by atoms with Crippen LogP contribution in [0.3, 0.4) is 0 Å². The molecule has 0 amide bonds. The third-order valence-electron chi connectivity index (χ3n) is 1.37. The van der Waals surface area contributed by atoms with E-state index in [-0.39, 0.29) is 0 Å². The molecule has 1 heteroatoms. The summed E-state index contributed by atoms with van der Waals surface area (Å²) in [5.74, 6) is 3.26. The molecule has 0 rings (SSSR count). The molecule has 12 heavy (non-hydrogen) atoms. The van der Waals surface area contributed by atoms with Crippen LogP contribution in [0, 0.1) is 11.5 Å². The van der Waals surface area contributed by atoms with Gasteiger partial charge in [0, 0.05) is 6.42 Å². The number of hydrogen-bond donors (Lipinski definition) is 0. The maximum absolute atomic E-state index is 3.36. The molecule has 0 aliphatic heterocycles. The zero-order chi connectivity index (χ0) is 9.45. The number of allylic oxidation sites excluding steroid dienone is 2. The predicted molar refractivity (Wildman–Crippen MR) is 59.8 cm³/mol. The molecule has 0 aromatic rings. The van der Waals surface area contributed by atoms with E-state index in [4.69, 9.17) is 0 Å². The standard InChI is InChI=1S/C11H20Si/c1-5-6-7-8-9-10-11-12(2,3)4/h5-6H,7-9H2,1-4H3/b6-5+. The third-order valence-corrected chi connectivity index (χ3v) is 2.30. The van der Waals surface area contributed by atoms with Gasteiger partial charge >= 0.3 is 0 Å². The van der Waals surface area contributed by atoms with Crippen molar-refractivity contribution in [2.45, 2.75) is 45.8 Å². The summed E-state index contributed by atoms with van der Waals surface area (Å²) in [6, 6.07) is 0. The number of hydrogen-bond acceptors (Lipinski definition) is 0. The average Bonchev–Trinajstić information content (AvgIpc) is 1.94. The molecule has 0 aliphatic carbocycles. The summed E-state index contributed by atoms with van der Waals surface area (Å²) >= 11 is 0.